The maximum Gasteiger partial charge on any atom is 0.149 e. The van der Waals surface area contributed by atoms with Gasteiger partial charge in [0.25, 0.3) is 0 Å². The summed E-state index contributed by atoms with van der Waals surface area (Å²) in [4.78, 5) is 10.5. The first kappa shape index (κ1) is 11.7. The molecular formula is C10H18N4O. The minimum Gasteiger partial charge on any atom is -0.383 e. The maximum atomic E-state index is 5.10. The summed E-state index contributed by atoms with van der Waals surface area (Å²) in [6.07, 6.45) is 3.44. The molecule has 0 aromatic carbocycles. The van der Waals surface area contributed by atoms with Crippen LogP contribution in [0.4, 0.5) is 11.6 Å². The predicted molar refractivity (Wildman–Crippen MR) is 61.3 cm³/mol. The summed E-state index contributed by atoms with van der Waals surface area (Å²) in [5.41, 5.74) is 0. The molecule has 15 heavy (non-hydrogen) atoms. The average Bonchev–Trinajstić information content (AvgIpc) is 2.28. The van der Waals surface area contributed by atoms with Crippen LogP contribution in [0.25, 0.3) is 0 Å². The third-order valence-corrected chi connectivity index (χ3v) is 2.31. The molecule has 5 heteroatoms. The molecule has 0 bridgehead atoms. The van der Waals surface area contributed by atoms with Crippen LogP contribution in [-0.2, 0) is 4.74 Å². The summed E-state index contributed by atoms with van der Waals surface area (Å²) >= 11 is 0. The van der Waals surface area contributed by atoms with Crippen LogP contribution in [-0.4, -0.2) is 43.8 Å². The first-order chi connectivity index (χ1) is 7.19. The lowest BCUT2D eigenvalue weighted by Crippen LogP contribution is -2.33. The van der Waals surface area contributed by atoms with E-state index in [1.165, 1.54) is 0 Å². The van der Waals surface area contributed by atoms with Gasteiger partial charge < -0.3 is 15.0 Å². The van der Waals surface area contributed by atoms with Crippen LogP contribution in [0.3, 0.4) is 0 Å². The molecule has 0 aliphatic carbocycles. The van der Waals surface area contributed by atoms with E-state index in [4.69, 9.17) is 4.74 Å². The van der Waals surface area contributed by atoms with Crippen LogP contribution in [0.5, 0.6) is 0 Å². The van der Waals surface area contributed by atoms with Crippen molar-refractivity contribution in [1.29, 1.82) is 0 Å². The van der Waals surface area contributed by atoms with E-state index in [2.05, 4.69) is 22.2 Å². The number of nitrogens with zero attached hydrogens (tertiary/aromatic N) is 3. The van der Waals surface area contributed by atoms with E-state index in [0.29, 0.717) is 6.61 Å². The van der Waals surface area contributed by atoms with E-state index in [0.717, 1.165) is 11.6 Å². The maximum absolute atomic E-state index is 5.10. The fourth-order valence-electron chi connectivity index (χ4n) is 1.22. The number of aromatic nitrogens is 2. The highest BCUT2D eigenvalue weighted by molar-refractivity contribution is 5.43. The van der Waals surface area contributed by atoms with Gasteiger partial charge in [-0.2, -0.15) is 0 Å². The van der Waals surface area contributed by atoms with Crippen molar-refractivity contribution in [2.45, 2.75) is 13.0 Å². The van der Waals surface area contributed by atoms with Crippen LogP contribution in [0.15, 0.2) is 12.4 Å². The van der Waals surface area contributed by atoms with Gasteiger partial charge in [-0.25, -0.2) is 4.98 Å². The highest BCUT2D eigenvalue weighted by Gasteiger charge is 2.11. The highest BCUT2D eigenvalue weighted by Crippen LogP contribution is 2.12. The molecule has 1 aromatic rings. The number of hydrogen-bond donors (Lipinski definition) is 1. The number of rotatable bonds is 5. The molecule has 0 fully saturated rings. The lowest BCUT2D eigenvalue weighted by molar-refractivity contribution is 0.183. The van der Waals surface area contributed by atoms with Gasteiger partial charge in [0.2, 0.25) is 0 Å². The van der Waals surface area contributed by atoms with Crippen molar-refractivity contribution < 1.29 is 4.74 Å². The zero-order valence-electron chi connectivity index (χ0n) is 9.69. The van der Waals surface area contributed by atoms with Crippen LogP contribution in [0, 0.1) is 0 Å². The Morgan fingerprint density at radius 2 is 2.27 bits per heavy atom. The van der Waals surface area contributed by atoms with Crippen molar-refractivity contribution in [2.75, 3.05) is 38.0 Å². The van der Waals surface area contributed by atoms with Crippen LogP contribution in [0.1, 0.15) is 6.92 Å². The first-order valence-corrected chi connectivity index (χ1v) is 4.90. The second-order valence-electron chi connectivity index (χ2n) is 3.43. The molecule has 1 atom stereocenters. The second kappa shape index (κ2) is 5.50. The first-order valence-electron chi connectivity index (χ1n) is 4.90. The summed E-state index contributed by atoms with van der Waals surface area (Å²) in [5, 5.41) is 2.96. The van der Waals surface area contributed by atoms with E-state index in [1.807, 2.05) is 19.0 Å². The molecule has 0 radical (unpaired) electrons. The highest BCUT2D eigenvalue weighted by atomic mass is 16.5. The van der Waals surface area contributed by atoms with E-state index in [-0.39, 0.29) is 6.04 Å². The molecule has 0 spiro atoms. The zero-order chi connectivity index (χ0) is 11.3. The van der Waals surface area contributed by atoms with Gasteiger partial charge in [0.05, 0.1) is 25.0 Å². The van der Waals surface area contributed by atoms with Crippen molar-refractivity contribution in [3.8, 4) is 0 Å². The Bertz CT molecular complexity index is 305. The van der Waals surface area contributed by atoms with Crippen molar-refractivity contribution in [3.05, 3.63) is 12.4 Å². The number of nitrogens with one attached hydrogen (secondary N) is 1. The number of methoxy groups -OCH3 is 1. The summed E-state index contributed by atoms with van der Waals surface area (Å²) in [6, 6.07) is 0.274. The summed E-state index contributed by atoms with van der Waals surface area (Å²) in [7, 11) is 5.50. The van der Waals surface area contributed by atoms with Gasteiger partial charge in [0.1, 0.15) is 11.6 Å². The SMILES string of the molecule is CNc1cncc(N(C)C(C)COC)n1. The molecular weight excluding hydrogens is 192 g/mol. The largest absolute Gasteiger partial charge is 0.383 e. The quantitative estimate of drug-likeness (QED) is 0.785. The lowest BCUT2D eigenvalue weighted by Gasteiger charge is -2.25. The Balaban J connectivity index is 2.76. The summed E-state index contributed by atoms with van der Waals surface area (Å²) < 4.78 is 5.10. The Morgan fingerprint density at radius 1 is 1.53 bits per heavy atom. The fraction of sp³-hybridized carbons (Fsp3) is 0.600. The Labute approximate surface area is 90.5 Å². The van der Waals surface area contributed by atoms with E-state index in [9.17, 15) is 0 Å². The van der Waals surface area contributed by atoms with Crippen molar-refractivity contribution in [1.82, 2.24) is 9.97 Å². The minimum atomic E-state index is 0.274. The molecule has 84 valence electrons. The summed E-state index contributed by atoms with van der Waals surface area (Å²) in [5.74, 6) is 1.61. The lowest BCUT2D eigenvalue weighted by atomic mass is 10.3. The van der Waals surface area contributed by atoms with Gasteiger partial charge in [0, 0.05) is 21.2 Å². The Hall–Kier alpha value is -1.36. The second-order valence-corrected chi connectivity index (χ2v) is 3.43. The van der Waals surface area contributed by atoms with Gasteiger partial charge in [-0.05, 0) is 6.92 Å². The van der Waals surface area contributed by atoms with Gasteiger partial charge in [0.15, 0.2) is 0 Å². The number of anilines is 2. The normalized spacial score (nSPS) is 12.3. The molecule has 1 rings (SSSR count). The molecule has 1 heterocycles. The smallest absolute Gasteiger partial charge is 0.149 e. The van der Waals surface area contributed by atoms with E-state index in [1.54, 1.807) is 19.5 Å². The van der Waals surface area contributed by atoms with Crippen LogP contribution >= 0.6 is 0 Å². The van der Waals surface area contributed by atoms with E-state index >= 15 is 0 Å². The molecule has 0 saturated carbocycles. The third-order valence-electron chi connectivity index (χ3n) is 2.31. The predicted octanol–water partition coefficient (Wildman–Crippen LogP) is 0.989. The molecule has 5 nitrogen and oxygen atoms in total. The van der Waals surface area contributed by atoms with Gasteiger partial charge in [-0.15, -0.1) is 0 Å². The van der Waals surface area contributed by atoms with Crippen molar-refractivity contribution >= 4 is 11.6 Å². The molecule has 0 amide bonds. The van der Waals surface area contributed by atoms with Crippen molar-refractivity contribution in [3.63, 3.8) is 0 Å². The number of ether oxygens (including phenoxy) is 1. The van der Waals surface area contributed by atoms with Crippen LogP contribution in [0.2, 0.25) is 0 Å². The molecule has 0 aliphatic rings. The topological polar surface area (TPSA) is 50.3 Å². The van der Waals surface area contributed by atoms with Crippen LogP contribution < -0.4 is 10.2 Å². The fourth-order valence-corrected chi connectivity index (χ4v) is 1.22. The summed E-state index contributed by atoms with van der Waals surface area (Å²) in [6.45, 7) is 2.75. The Kier molecular flexibility index (Phi) is 4.30. The van der Waals surface area contributed by atoms with Gasteiger partial charge in [-0.3, -0.25) is 4.98 Å². The molecule has 0 saturated heterocycles. The monoisotopic (exact) mass is 210 g/mol. The van der Waals surface area contributed by atoms with E-state index < -0.39 is 0 Å². The third kappa shape index (κ3) is 3.06. The molecule has 1 N–H and O–H groups in total. The number of hydrogen-bond acceptors (Lipinski definition) is 5. The standard InChI is InChI=1S/C10H18N4O/c1-8(7-15-4)14(3)10-6-12-5-9(11-2)13-10/h5-6,8H,7H2,1-4H3,(H,11,13). The van der Waals surface area contributed by atoms with Gasteiger partial charge >= 0.3 is 0 Å². The number of likely N-dealkylation sites (N-methyl/N-ethyl adjacent to an activating group) is 1. The molecule has 1 aromatic heterocycles. The Morgan fingerprint density at radius 3 is 2.87 bits per heavy atom. The molecule has 0 aliphatic heterocycles. The zero-order valence-corrected chi connectivity index (χ0v) is 9.69. The van der Waals surface area contributed by atoms with Gasteiger partial charge in [-0.1, -0.05) is 0 Å². The minimum absolute atomic E-state index is 0.274. The average molecular weight is 210 g/mol. The molecule has 1 unspecified atom stereocenters. The van der Waals surface area contributed by atoms with Crippen molar-refractivity contribution in [2.24, 2.45) is 0 Å².